The molecule has 1 aliphatic rings. The van der Waals surface area contributed by atoms with Crippen LogP contribution < -0.4 is 5.32 Å². The fourth-order valence-corrected chi connectivity index (χ4v) is 1.55. The minimum atomic E-state index is -0.421. The van der Waals surface area contributed by atoms with Crippen molar-refractivity contribution in [3.05, 3.63) is 33.2 Å². The fourth-order valence-electron chi connectivity index (χ4n) is 1.26. The van der Waals surface area contributed by atoms with E-state index in [4.69, 9.17) is 12.2 Å². The second-order valence-electron chi connectivity index (χ2n) is 2.92. The number of nitro groups is 1. The van der Waals surface area contributed by atoms with Crippen molar-refractivity contribution in [2.75, 3.05) is 6.54 Å². The van der Waals surface area contributed by atoms with E-state index in [2.05, 4.69) is 10.3 Å². The van der Waals surface area contributed by atoms with E-state index in [0.717, 1.165) is 0 Å². The zero-order valence-corrected chi connectivity index (χ0v) is 9.30. The lowest BCUT2D eigenvalue weighted by atomic mass is 10.2. The molecule has 0 aromatic rings. The van der Waals surface area contributed by atoms with Crippen molar-refractivity contribution in [3.63, 3.8) is 0 Å². The lowest BCUT2D eigenvalue weighted by Crippen LogP contribution is -2.21. The Labute approximate surface area is 92.7 Å². The SMILES string of the molecule is CC=NC1=C(C)C([N+](=O)[O-])=CCNC1=S. The maximum absolute atomic E-state index is 10.8. The molecule has 0 atom stereocenters. The van der Waals surface area contributed by atoms with Crippen molar-refractivity contribution < 1.29 is 4.92 Å². The Balaban J connectivity index is 3.26. The first kappa shape index (κ1) is 11.5. The summed E-state index contributed by atoms with van der Waals surface area (Å²) < 4.78 is 0. The molecule has 0 fully saturated rings. The van der Waals surface area contributed by atoms with Crippen molar-refractivity contribution in [1.82, 2.24) is 5.32 Å². The van der Waals surface area contributed by atoms with E-state index in [9.17, 15) is 10.1 Å². The summed E-state index contributed by atoms with van der Waals surface area (Å²) in [6, 6.07) is 0. The first-order valence-corrected chi connectivity index (χ1v) is 4.81. The van der Waals surface area contributed by atoms with E-state index >= 15 is 0 Å². The van der Waals surface area contributed by atoms with Gasteiger partial charge in [-0.15, -0.1) is 0 Å². The number of hydrogen-bond donors (Lipinski definition) is 1. The Morgan fingerprint density at radius 1 is 1.73 bits per heavy atom. The Morgan fingerprint density at radius 2 is 2.40 bits per heavy atom. The molecule has 80 valence electrons. The summed E-state index contributed by atoms with van der Waals surface area (Å²) in [5.74, 6) is 0. The second kappa shape index (κ2) is 4.79. The number of hydrogen-bond acceptors (Lipinski definition) is 4. The molecule has 1 N–H and O–H groups in total. The molecule has 0 spiro atoms. The highest BCUT2D eigenvalue weighted by atomic mass is 32.1. The average molecular weight is 225 g/mol. The van der Waals surface area contributed by atoms with Crippen LogP contribution in [0.5, 0.6) is 0 Å². The number of nitrogens with zero attached hydrogens (tertiary/aromatic N) is 2. The summed E-state index contributed by atoms with van der Waals surface area (Å²) in [7, 11) is 0. The van der Waals surface area contributed by atoms with Crippen molar-refractivity contribution in [1.29, 1.82) is 0 Å². The van der Waals surface area contributed by atoms with Crippen molar-refractivity contribution in [3.8, 4) is 0 Å². The van der Waals surface area contributed by atoms with E-state index in [1.54, 1.807) is 20.1 Å². The monoisotopic (exact) mass is 225 g/mol. The Kier molecular flexibility index (Phi) is 3.68. The first-order chi connectivity index (χ1) is 7.07. The van der Waals surface area contributed by atoms with Gasteiger partial charge in [0.25, 0.3) is 5.70 Å². The Morgan fingerprint density at radius 3 is 2.93 bits per heavy atom. The molecule has 0 radical (unpaired) electrons. The Hall–Kier alpha value is -1.56. The van der Waals surface area contributed by atoms with Gasteiger partial charge in [-0.05, 0) is 13.8 Å². The molecule has 0 unspecified atom stereocenters. The number of aliphatic imine (C=N–C) groups is 1. The first-order valence-electron chi connectivity index (χ1n) is 4.40. The van der Waals surface area contributed by atoms with Gasteiger partial charge in [0.05, 0.1) is 10.5 Å². The maximum Gasteiger partial charge on any atom is 0.272 e. The standard InChI is InChI=1S/C9H11N3O2S/c1-3-10-8-6(2)7(12(13)14)4-5-11-9(8)15/h3-4H,5H2,1-2H3,(H,11,15). The maximum atomic E-state index is 10.8. The van der Waals surface area contributed by atoms with Crippen LogP contribution in [0.3, 0.4) is 0 Å². The minimum absolute atomic E-state index is 0.0583. The summed E-state index contributed by atoms with van der Waals surface area (Å²) >= 11 is 5.06. The quantitative estimate of drug-likeness (QED) is 0.334. The molecule has 6 heteroatoms. The largest absolute Gasteiger partial charge is 0.371 e. The summed E-state index contributed by atoms with van der Waals surface area (Å²) in [5, 5.41) is 13.6. The van der Waals surface area contributed by atoms with Crippen molar-refractivity contribution in [2.45, 2.75) is 13.8 Å². The molecule has 0 aromatic heterocycles. The number of allylic oxidation sites excluding steroid dienone is 1. The highest BCUT2D eigenvalue weighted by molar-refractivity contribution is 7.80. The second-order valence-corrected chi connectivity index (χ2v) is 3.33. The molecule has 0 saturated carbocycles. The minimum Gasteiger partial charge on any atom is -0.371 e. The van der Waals surface area contributed by atoms with Gasteiger partial charge in [-0.1, -0.05) is 12.2 Å². The molecule has 0 bridgehead atoms. The summed E-state index contributed by atoms with van der Waals surface area (Å²) in [6.45, 7) is 3.74. The van der Waals surface area contributed by atoms with Crippen molar-refractivity contribution in [2.24, 2.45) is 4.99 Å². The zero-order chi connectivity index (χ0) is 11.4. The van der Waals surface area contributed by atoms with Crippen LogP contribution in [0.4, 0.5) is 0 Å². The average Bonchev–Trinajstić information content (AvgIpc) is 2.30. The zero-order valence-electron chi connectivity index (χ0n) is 8.48. The molecule has 0 aromatic carbocycles. The lowest BCUT2D eigenvalue weighted by Gasteiger charge is -2.04. The highest BCUT2D eigenvalue weighted by Crippen LogP contribution is 2.18. The third-order valence-electron chi connectivity index (χ3n) is 1.97. The van der Waals surface area contributed by atoms with E-state index in [1.807, 2.05) is 0 Å². The molecule has 0 amide bonds. The van der Waals surface area contributed by atoms with Crippen LogP contribution in [0, 0.1) is 10.1 Å². The number of thiocarbonyl (C=S) groups is 1. The molecular formula is C9H11N3O2S. The predicted octanol–water partition coefficient (Wildman–Crippen LogP) is 1.44. The summed E-state index contributed by atoms with van der Waals surface area (Å²) in [6.07, 6.45) is 3.06. The van der Waals surface area contributed by atoms with E-state index < -0.39 is 4.92 Å². The molecule has 0 saturated heterocycles. The highest BCUT2D eigenvalue weighted by Gasteiger charge is 2.21. The van der Waals surface area contributed by atoms with Gasteiger partial charge in [0.2, 0.25) is 0 Å². The van der Waals surface area contributed by atoms with E-state index in [1.165, 1.54) is 6.08 Å². The van der Waals surface area contributed by atoms with Crippen LogP contribution >= 0.6 is 12.2 Å². The van der Waals surface area contributed by atoms with Gasteiger partial charge in [-0.2, -0.15) is 0 Å². The normalized spacial score (nSPS) is 17.5. The van der Waals surface area contributed by atoms with Gasteiger partial charge in [-0.25, -0.2) is 0 Å². The van der Waals surface area contributed by atoms with Crippen LogP contribution in [0.15, 0.2) is 28.0 Å². The van der Waals surface area contributed by atoms with Gasteiger partial charge < -0.3 is 5.32 Å². The summed E-state index contributed by atoms with van der Waals surface area (Å²) in [5.41, 5.74) is 1.02. The van der Waals surface area contributed by atoms with Gasteiger partial charge in [0.1, 0.15) is 10.7 Å². The van der Waals surface area contributed by atoms with Crippen LogP contribution in [0.1, 0.15) is 13.8 Å². The van der Waals surface area contributed by atoms with Gasteiger partial charge in [0.15, 0.2) is 0 Å². The lowest BCUT2D eigenvalue weighted by molar-refractivity contribution is -0.421. The topological polar surface area (TPSA) is 67.5 Å². The molecule has 0 aliphatic carbocycles. The number of rotatable bonds is 2. The van der Waals surface area contributed by atoms with Crippen molar-refractivity contribution >= 4 is 23.4 Å². The molecule has 5 nitrogen and oxygen atoms in total. The van der Waals surface area contributed by atoms with Gasteiger partial charge >= 0.3 is 0 Å². The molecule has 1 aliphatic heterocycles. The molecule has 1 heterocycles. The van der Waals surface area contributed by atoms with Crippen LogP contribution in [0.2, 0.25) is 0 Å². The van der Waals surface area contributed by atoms with Crippen LogP contribution in [0.25, 0.3) is 0 Å². The van der Waals surface area contributed by atoms with Crippen LogP contribution in [-0.2, 0) is 0 Å². The Bertz CT molecular complexity index is 396. The molecule has 15 heavy (non-hydrogen) atoms. The fraction of sp³-hybridized carbons (Fsp3) is 0.333. The predicted molar refractivity (Wildman–Crippen MR) is 62.5 cm³/mol. The third-order valence-corrected chi connectivity index (χ3v) is 2.31. The smallest absolute Gasteiger partial charge is 0.272 e. The van der Waals surface area contributed by atoms with E-state index in [0.29, 0.717) is 22.8 Å². The summed E-state index contributed by atoms with van der Waals surface area (Å²) in [4.78, 5) is 14.8. The van der Waals surface area contributed by atoms with Gasteiger partial charge in [-0.3, -0.25) is 15.1 Å². The number of nitrogens with one attached hydrogen (secondary N) is 1. The van der Waals surface area contributed by atoms with Gasteiger partial charge in [0, 0.05) is 18.8 Å². The molecular weight excluding hydrogens is 214 g/mol. The van der Waals surface area contributed by atoms with E-state index in [-0.39, 0.29) is 5.70 Å². The molecule has 1 rings (SSSR count). The van der Waals surface area contributed by atoms with Crippen LogP contribution in [-0.4, -0.2) is 22.7 Å². The third kappa shape index (κ3) is 2.47.